The van der Waals surface area contributed by atoms with E-state index in [9.17, 15) is 9.18 Å². The zero-order valence-corrected chi connectivity index (χ0v) is 9.39. The number of amides is 1. The second kappa shape index (κ2) is 5.26. The number of nitrogens with two attached hydrogens (primary N) is 1. The molecule has 0 unspecified atom stereocenters. The van der Waals surface area contributed by atoms with Gasteiger partial charge in [0.1, 0.15) is 5.82 Å². The molecule has 0 aliphatic carbocycles. The van der Waals surface area contributed by atoms with Crippen LogP contribution < -0.4 is 11.1 Å². The predicted octanol–water partition coefficient (Wildman–Crippen LogP) is 0.763. The van der Waals surface area contributed by atoms with Crippen LogP contribution in [0.15, 0.2) is 29.0 Å². The molecule has 0 radical (unpaired) electrons. The molecule has 0 spiro atoms. The molecule has 3 N–H and O–H groups in total. The number of hydrogen-bond acceptors (Lipinski definition) is 5. The first kappa shape index (κ1) is 12.0. The van der Waals surface area contributed by atoms with E-state index in [2.05, 4.69) is 15.5 Å². The topological polar surface area (TPSA) is 94.0 Å². The number of aromatic nitrogens is 2. The predicted molar refractivity (Wildman–Crippen MR) is 61.1 cm³/mol. The summed E-state index contributed by atoms with van der Waals surface area (Å²) in [4.78, 5) is 15.5. The van der Waals surface area contributed by atoms with Gasteiger partial charge in [-0.05, 0) is 18.2 Å². The molecule has 2 rings (SSSR count). The normalized spacial score (nSPS) is 10.3. The molecule has 0 aliphatic rings. The van der Waals surface area contributed by atoms with E-state index in [0.29, 0.717) is 18.9 Å². The first-order valence-corrected chi connectivity index (χ1v) is 5.25. The maximum absolute atomic E-state index is 13.1. The average Bonchev–Trinajstić information content (AvgIpc) is 2.85. The summed E-state index contributed by atoms with van der Waals surface area (Å²) in [6, 6.07) is 3.90. The molecule has 0 aliphatic heterocycles. The van der Waals surface area contributed by atoms with Crippen LogP contribution in [-0.4, -0.2) is 22.6 Å². The number of hydrogen-bond donors (Lipinski definition) is 2. The maximum atomic E-state index is 13.1. The van der Waals surface area contributed by atoms with Crippen LogP contribution in [0.2, 0.25) is 0 Å². The van der Waals surface area contributed by atoms with E-state index >= 15 is 0 Å². The highest BCUT2D eigenvalue weighted by atomic mass is 19.1. The standard InChI is InChI=1S/C11H11FN4O2/c12-8-5-7(1-2-9(8)13)11(17)14-4-3-10-15-6-16-18-10/h1-2,5-6H,3-4,13H2,(H,14,17). The summed E-state index contributed by atoms with van der Waals surface area (Å²) in [6.45, 7) is 0.326. The third kappa shape index (κ3) is 2.82. The summed E-state index contributed by atoms with van der Waals surface area (Å²) in [5.41, 5.74) is 5.55. The zero-order chi connectivity index (χ0) is 13.0. The molecule has 0 saturated heterocycles. The largest absolute Gasteiger partial charge is 0.396 e. The Morgan fingerprint density at radius 2 is 2.33 bits per heavy atom. The second-order valence-corrected chi connectivity index (χ2v) is 3.58. The highest BCUT2D eigenvalue weighted by Gasteiger charge is 2.08. The van der Waals surface area contributed by atoms with Crippen molar-refractivity contribution in [3.8, 4) is 0 Å². The molecule has 0 saturated carbocycles. The van der Waals surface area contributed by atoms with Gasteiger partial charge in [0.2, 0.25) is 5.89 Å². The SMILES string of the molecule is Nc1ccc(C(=O)NCCc2ncno2)cc1F. The molecule has 0 bridgehead atoms. The van der Waals surface area contributed by atoms with Crippen molar-refractivity contribution in [2.24, 2.45) is 0 Å². The lowest BCUT2D eigenvalue weighted by Gasteiger charge is -2.04. The molecule has 0 atom stereocenters. The van der Waals surface area contributed by atoms with Gasteiger partial charge in [-0.15, -0.1) is 0 Å². The van der Waals surface area contributed by atoms with Gasteiger partial charge in [0, 0.05) is 18.5 Å². The van der Waals surface area contributed by atoms with Gasteiger partial charge < -0.3 is 15.6 Å². The molecule has 18 heavy (non-hydrogen) atoms. The van der Waals surface area contributed by atoms with Crippen LogP contribution in [0.1, 0.15) is 16.2 Å². The summed E-state index contributed by atoms with van der Waals surface area (Å²) in [5, 5.41) is 6.05. The van der Waals surface area contributed by atoms with Crippen molar-refractivity contribution in [2.45, 2.75) is 6.42 Å². The number of nitrogens with one attached hydrogen (secondary N) is 1. The third-order valence-corrected chi connectivity index (χ3v) is 2.29. The Hall–Kier alpha value is -2.44. The number of halogens is 1. The van der Waals surface area contributed by atoms with E-state index in [-0.39, 0.29) is 17.2 Å². The highest BCUT2D eigenvalue weighted by molar-refractivity contribution is 5.94. The highest BCUT2D eigenvalue weighted by Crippen LogP contribution is 2.11. The van der Waals surface area contributed by atoms with Crippen LogP contribution in [0, 0.1) is 5.82 Å². The Kier molecular flexibility index (Phi) is 3.52. The van der Waals surface area contributed by atoms with Crippen molar-refractivity contribution in [1.29, 1.82) is 0 Å². The summed E-state index contributed by atoms with van der Waals surface area (Å²) in [5.74, 6) is -0.563. The van der Waals surface area contributed by atoms with Crippen molar-refractivity contribution in [3.05, 3.63) is 41.8 Å². The van der Waals surface area contributed by atoms with Gasteiger partial charge in [-0.25, -0.2) is 4.39 Å². The lowest BCUT2D eigenvalue weighted by Crippen LogP contribution is -2.25. The van der Waals surface area contributed by atoms with Crippen LogP contribution in [0.25, 0.3) is 0 Å². The van der Waals surface area contributed by atoms with Crippen LogP contribution in [0.4, 0.5) is 10.1 Å². The molecule has 7 heteroatoms. The molecule has 1 amide bonds. The molecule has 94 valence electrons. The van der Waals surface area contributed by atoms with Gasteiger partial charge in [0.15, 0.2) is 6.33 Å². The molecule has 1 aromatic heterocycles. The second-order valence-electron chi connectivity index (χ2n) is 3.58. The number of nitrogen functional groups attached to an aromatic ring is 1. The fraction of sp³-hybridized carbons (Fsp3) is 0.182. The first-order chi connectivity index (χ1) is 8.66. The molecule has 2 aromatic rings. The van der Waals surface area contributed by atoms with Crippen LogP contribution in [0.3, 0.4) is 0 Å². The van der Waals surface area contributed by atoms with Crippen molar-refractivity contribution in [1.82, 2.24) is 15.5 Å². The minimum absolute atomic E-state index is 0.0115. The van der Waals surface area contributed by atoms with Crippen molar-refractivity contribution in [2.75, 3.05) is 12.3 Å². The quantitative estimate of drug-likeness (QED) is 0.781. The first-order valence-electron chi connectivity index (χ1n) is 5.25. The van der Waals surface area contributed by atoms with E-state index < -0.39 is 5.82 Å². The van der Waals surface area contributed by atoms with Gasteiger partial charge in [-0.3, -0.25) is 4.79 Å². The number of nitrogens with zero attached hydrogens (tertiary/aromatic N) is 2. The molecule has 1 heterocycles. The summed E-state index contributed by atoms with van der Waals surface area (Å²) in [6.07, 6.45) is 1.70. The number of rotatable bonds is 4. The fourth-order valence-electron chi connectivity index (χ4n) is 1.36. The fourth-order valence-corrected chi connectivity index (χ4v) is 1.36. The van der Waals surface area contributed by atoms with Crippen molar-refractivity contribution in [3.63, 3.8) is 0 Å². The number of carbonyl (C=O) groups excluding carboxylic acids is 1. The third-order valence-electron chi connectivity index (χ3n) is 2.29. The minimum Gasteiger partial charge on any atom is -0.396 e. The Bertz CT molecular complexity index is 542. The molecule has 1 aromatic carbocycles. The monoisotopic (exact) mass is 250 g/mol. The molecule has 6 nitrogen and oxygen atoms in total. The lowest BCUT2D eigenvalue weighted by atomic mass is 10.2. The van der Waals surface area contributed by atoms with Crippen molar-refractivity contribution >= 4 is 11.6 Å². The van der Waals surface area contributed by atoms with E-state index in [4.69, 9.17) is 10.3 Å². The number of carbonyl (C=O) groups is 1. The van der Waals surface area contributed by atoms with Crippen molar-refractivity contribution < 1.29 is 13.7 Å². The van der Waals surface area contributed by atoms with Gasteiger partial charge in [0.05, 0.1) is 5.69 Å². The lowest BCUT2D eigenvalue weighted by molar-refractivity contribution is 0.0953. The number of anilines is 1. The molecular weight excluding hydrogens is 239 g/mol. The molecular formula is C11H11FN4O2. The smallest absolute Gasteiger partial charge is 0.251 e. The molecule has 0 fully saturated rings. The van der Waals surface area contributed by atoms with Crippen LogP contribution in [-0.2, 0) is 6.42 Å². The maximum Gasteiger partial charge on any atom is 0.251 e. The van der Waals surface area contributed by atoms with E-state index in [0.717, 1.165) is 6.07 Å². The van der Waals surface area contributed by atoms with Gasteiger partial charge >= 0.3 is 0 Å². The zero-order valence-electron chi connectivity index (χ0n) is 9.39. The van der Waals surface area contributed by atoms with Crippen LogP contribution in [0.5, 0.6) is 0 Å². The number of benzene rings is 1. The summed E-state index contributed by atoms with van der Waals surface area (Å²) >= 11 is 0. The Balaban J connectivity index is 1.89. The van der Waals surface area contributed by atoms with Gasteiger partial charge in [0.25, 0.3) is 5.91 Å². The summed E-state index contributed by atoms with van der Waals surface area (Å²) < 4.78 is 17.9. The van der Waals surface area contributed by atoms with Gasteiger partial charge in [-0.2, -0.15) is 4.98 Å². The van der Waals surface area contributed by atoms with Gasteiger partial charge in [-0.1, -0.05) is 5.16 Å². The van der Waals surface area contributed by atoms with Crippen LogP contribution >= 0.6 is 0 Å². The van der Waals surface area contributed by atoms with E-state index in [1.54, 1.807) is 0 Å². The van der Waals surface area contributed by atoms with E-state index in [1.165, 1.54) is 18.5 Å². The van der Waals surface area contributed by atoms with E-state index in [1.807, 2.05) is 0 Å². The summed E-state index contributed by atoms with van der Waals surface area (Å²) in [7, 11) is 0. The Morgan fingerprint density at radius 3 is 3.00 bits per heavy atom. The Labute approximate surface area is 102 Å². The minimum atomic E-state index is -0.612. The average molecular weight is 250 g/mol. The Morgan fingerprint density at radius 1 is 1.50 bits per heavy atom.